The molecule has 0 aromatic carbocycles. The van der Waals surface area contributed by atoms with Crippen LogP contribution in [0.2, 0.25) is 0 Å². The van der Waals surface area contributed by atoms with E-state index < -0.39 is 0 Å². The van der Waals surface area contributed by atoms with Gasteiger partial charge in [0, 0.05) is 26.2 Å². The molecule has 0 N–H and O–H groups in total. The van der Waals surface area contributed by atoms with Crippen LogP contribution < -0.4 is 9.80 Å². The van der Waals surface area contributed by atoms with Crippen LogP contribution in [0.4, 0.5) is 17.5 Å². The quantitative estimate of drug-likeness (QED) is 0.630. The highest BCUT2D eigenvalue weighted by Gasteiger charge is 2.27. The number of hydrogen-bond donors (Lipinski definition) is 0. The zero-order chi connectivity index (χ0) is 16.5. The molecule has 0 aliphatic carbocycles. The minimum Gasteiger partial charge on any atom is -0.421 e. The van der Waals surface area contributed by atoms with Crippen molar-refractivity contribution in [3.8, 4) is 0 Å². The van der Waals surface area contributed by atoms with Gasteiger partial charge in [0.25, 0.3) is 6.01 Å². The maximum absolute atomic E-state index is 11.5. The zero-order valence-electron chi connectivity index (χ0n) is 13.6. The first-order valence-corrected chi connectivity index (χ1v) is 8.68. The summed E-state index contributed by atoms with van der Waals surface area (Å²) >= 11 is 0. The lowest BCUT2D eigenvalue weighted by molar-refractivity contribution is -0.384. The molecule has 0 bridgehead atoms. The van der Waals surface area contributed by atoms with Gasteiger partial charge in [-0.25, -0.2) is 4.98 Å². The van der Waals surface area contributed by atoms with Crippen molar-refractivity contribution >= 4 is 28.8 Å². The summed E-state index contributed by atoms with van der Waals surface area (Å²) in [5, 5.41) is 11.5. The molecular formula is C16H21N5O3. The monoisotopic (exact) mass is 331 g/mol. The average Bonchev–Trinajstić information content (AvgIpc) is 3.05. The lowest BCUT2D eigenvalue weighted by Crippen LogP contribution is -2.30. The van der Waals surface area contributed by atoms with E-state index in [1.807, 2.05) is 4.90 Å². The third-order valence-corrected chi connectivity index (χ3v) is 4.81. The van der Waals surface area contributed by atoms with Gasteiger partial charge in [0.2, 0.25) is 11.5 Å². The molecule has 2 aromatic rings. The highest BCUT2D eigenvalue weighted by Crippen LogP contribution is 2.33. The minimum atomic E-state index is -0.376. The summed E-state index contributed by atoms with van der Waals surface area (Å²) < 4.78 is 5.77. The predicted octanol–water partition coefficient (Wildman–Crippen LogP) is 3.11. The van der Waals surface area contributed by atoms with Crippen LogP contribution in [-0.4, -0.2) is 41.1 Å². The fraction of sp³-hybridized carbons (Fsp3) is 0.625. The molecule has 8 nitrogen and oxygen atoms in total. The molecular weight excluding hydrogens is 310 g/mol. The predicted molar refractivity (Wildman–Crippen MR) is 90.6 cm³/mol. The molecule has 2 aromatic heterocycles. The molecule has 0 spiro atoms. The maximum Gasteiger partial charge on any atom is 0.315 e. The average molecular weight is 331 g/mol. The number of aromatic nitrogens is 2. The summed E-state index contributed by atoms with van der Waals surface area (Å²) in [6, 6.07) is 2.01. The molecule has 8 heteroatoms. The van der Waals surface area contributed by atoms with Crippen LogP contribution in [0.25, 0.3) is 11.2 Å². The Labute approximate surface area is 139 Å². The van der Waals surface area contributed by atoms with Crippen molar-refractivity contribution in [3.63, 3.8) is 0 Å². The number of piperidine rings is 2. The Morgan fingerprint density at radius 3 is 2.21 bits per heavy atom. The maximum atomic E-state index is 11.5. The van der Waals surface area contributed by atoms with Crippen molar-refractivity contribution in [3.05, 3.63) is 16.2 Å². The zero-order valence-corrected chi connectivity index (χ0v) is 13.6. The number of rotatable bonds is 3. The third kappa shape index (κ3) is 2.76. The largest absolute Gasteiger partial charge is 0.421 e. The Balaban J connectivity index is 1.74. The third-order valence-electron chi connectivity index (χ3n) is 4.81. The molecule has 2 saturated heterocycles. The second-order valence-electron chi connectivity index (χ2n) is 6.50. The Bertz CT molecular complexity index is 747. The van der Waals surface area contributed by atoms with Gasteiger partial charge in [0.15, 0.2) is 5.58 Å². The SMILES string of the molecule is O=[N+]([O-])c1cc2oc(N3CCCCC3)nc2nc1N1CCCCC1. The highest BCUT2D eigenvalue weighted by atomic mass is 16.6. The normalized spacial score (nSPS) is 19.0. The fourth-order valence-corrected chi connectivity index (χ4v) is 3.53. The van der Waals surface area contributed by atoms with Crippen LogP contribution in [0.15, 0.2) is 10.5 Å². The van der Waals surface area contributed by atoms with Gasteiger partial charge >= 0.3 is 5.69 Å². The molecule has 0 radical (unpaired) electrons. The summed E-state index contributed by atoms with van der Waals surface area (Å²) in [5.41, 5.74) is 0.857. The van der Waals surface area contributed by atoms with E-state index in [2.05, 4.69) is 14.9 Å². The minimum absolute atomic E-state index is 0.00532. The van der Waals surface area contributed by atoms with E-state index in [4.69, 9.17) is 4.42 Å². The summed E-state index contributed by atoms with van der Waals surface area (Å²) in [4.78, 5) is 24.2. The number of nitro groups is 1. The summed E-state index contributed by atoms with van der Waals surface area (Å²) in [6.07, 6.45) is 6.69. The molecule has 0 amide bonds. The Morgan fingerprint density at radius 1 is 0.958 bits per heavy atom. The van der Waals surface area contributed by atoms with Crippen molar-refractivity contribution in [2.75, 3.05) is 36.0 Å². The number of nitrogens with zero attached hydrogens (tertiary/aromatic N) is 5. The van der Waals surface area contributed by atoms with Crippen LogP contribution in [-0.2, 0) is 0 Å². The van der Waals surface area contributed by atoms with E-state index >= 15 is 0 Å². The van der Waals surface area contributed by atoms with Crippen LogP contribution in [0.5, 0.6) is 0 Å². The fourth-order valence-electron chi connectivity index (χ4n) is 3.53. The first kappa shape index (κ1) is 15.2. The van der Waals surface area contributed by atoms with Gasteiger partial charge in [-0.15, -0.1) is 0 Å². The first-order valence-electron chi connectivity index (χ1n) is 8.68. The van der Waals surface area contributed by atoms with E-state index in [0.717, 1.165) is 58.3 Å². The molecule has 4 heterocycles. The number of hydrogen-bond acceptors (Lipinski definition) is 7. The van der Waals surface area contributed by atoms with Gasteiger partial charge in [-0.3, -0.25) is 10.1 Å². The molecule has 2 aliphatic rings. The van der Waals surface area contributed by atoms with Crippen molar-refractivity contribution in [1.82, 2.24) is 9.97 Å². The summed E-state index contributed by atoms with van der Waals surface area (Å²) in [5.74, 6) is 0.422. The Morgan fingerprint density at radius 2 is 1.58 bits per heavy atom. The number of pyridine rings is 1. The van der Waals surface area contributed by atoms with Crippen molar-refractivity contribution in [1.29, 1.82) is 0 Å². The molecule has 0 saturated carbocycles. The lowest BCUT2D eigenvalue weighted by Gasteiger charge is -2.27. The molecule has 2 aliphatic heterocycles. The van der Waals surface area contributed by atoms with Gasteiger partial charge in [-0.2, -0.15) is 4.98 Å². The van der Waals surface area contributed by atoms with Crippen molar-refractivity contribution < 1.29 is 9.34 Å². The van der Waals surface area contributed by atoms with Crippen LogP contribution in [0.1, 0.15) is 38.5 Å². The van der Waals surface area contributed by atoms with E-state index in [-0.39, 0.29) is 10.6 Å². The topological polar surface area (TPSA) is 88.5 Å². The van der Waals surface area contributed by atoms with Gasteiger partial charge in [0.05, 0.1) is 11.0 Å². The highest BCUT2D eigenvalue weighted by molar-refractivity contribution is 5.78. The molecule has 4 rings (SSSR count). The van der Waals surface area contributed by atoms with Crippen molar-refractivity contribution in [2.24, 2.45) is 0 Å². The standard InChI is InChI=1S/C16H21N5O3/c22-21(23)12-11-13-14(17-15(12)19-7-3-1-4-8-19)18-16(24-13)20-9-5-2-6-10-20/h11H,1-10H2. The molecule has 0 unspecified atom stereocenters. The van der Waals surface area contributed by atoms with E-state index in [1.54, 1.807) is 0 Å². The number of anilines is 2. The van der Waals surface area contributed by atoms with Crippen molar-refractivity contribution in [2.45, 2.75) is 38.5 Å². The van der Waals surface area contributed by atoms with E-state index in [9.17, 15) is 10.1 Å². The Kier molecular flexibility index (Phi) is 3.95. The van der Waals surface area contributed by atoms with Gasteiger partial charge in [-0.1, -0.05) is 0 Å². The van der Waals surface area contributed by atoms with E-state index in [1.165, 1.54) is 12.5 Å². The summed E-state index contributed by atoms with van der Waals surface area (Å²) in [6.45, 7) is 3.42. The van der Waals surface area contributed by atoms with Gasteiger partial charge < -0.3 is 14.2 Å². The first-order chi connectivity index (χ1) is 11.7. The van der Waals surface area contributed by atoms with Crippen LogP contribution >= 0.6 is 0 Å². The summed E-state index contributed by atoms with van der Waals surface area (Å²) in [7, 11) is 0. The van der Waals surface area contributed by atoms with Crippen LogP contribution in [0, 0.1) is 10.1 Å². The molecule has 128 valence electrons. The Hall–Kier alpha value is -2.38. The second-order valence-corrected chi connectivity index (χ2v) is 6.50. The van der Waals surface area contributed by atoms with E-state index in [0.29, 0.717) is 23.1 Å². The molecule has 24 heavy (non-hydrogen) atoms. The van der Waals surface area contributed by atoms with Crippen LogP contribution in [0.3, 0.4) is 0 Å². The number of oxazole rings is 1. The smallest absolute Gasteiger partial charge is 0.315 e. The molecule has 2 fully saturated rings. The number of fused-ring (bicyclic) bond motifs is 1. The lowest BCUT2D eigenvalue weighted by atomic mass is 10.1. The van der Waals surface area contributed by atoms with Gasteiger partial charge in [-0.05, 0) is 38.5 Å². The molecule has 0 atom stereocenters. The second kappa shape index (κ2) is 6.26. The van der Waals surface area contributed by atoms with Gasteiger partial charge in [0.1, 0.15) is 0 Å².